The highest BCUT2D eigenvalue weighted by Gasteiger charge is 2.18. The van der Waals surface area contributed by atoms with Crippen molar-refractivity contribution in [1.82, 2.24) is 35.0 Å². The molecule has 0 unspecified atom stereocenters. The summed E-state index contributed by atoms with van der Waals surface area (Å²) >= 11 is 0. The Bertz CT molecular complexity index is 1250. The van der Waals surface area contributed by atoms with Crippen LogP contribution in [0.25, 0.3) is 33.9 Å². The molecule has 4 aromatic heterocycles. The topological polar surface area (TPSA) is 98.9 Å². The van der Waals surface area contributed by atoms with Crippen LogP contribution in [0, 0.1) is 0 Å². The van der Waals surface area contributed by atoms with Gasteiger partial charge in [-0.25, -0.2) is 9.97 Å². The van der Waals surface area contributed by atoms with Gasteiger partial charge in [0.25, 0.3) is 0 Å². The molecule has 2 aliphatic rings. The molecule has 0 aromatic carbocycles. The Hall–Kier alpha value is -3.46. The molecule has 2 N–H and O–H groups in total. The number of nitrogens with one attached hydrogen (secondary N) is 2. The number of ether oxygens (including phenoxy) is 1. The summed E-state index contributed by atoms with van der Waals surface area (Å²) < 4.78 is 5.96. The van der Waals surface area contributed by atoms with Crippen molar-refractivity contribution in [3.05, 3.63) is 36.8 Å². The summed E-state index contributed by atoms with van der Waals surface area (Å²) in [4.78, 5) is 21.9. The van der Waals surface area contributed by atoms with E-state index in [0.717, 1.165) is 59.2 Å². The molecule has 6 heterocycles. The predicted molar refractivity (Wildman–Crippen MR) is 132 cm³/mol. The molecular formula is C25H30N8O. The Labute approximate surface area is 198 Å². The molecule has 2 aliphatic heterocycles. The van der Waals surface area contributed by atoms with Gasteiger partial charge in [-0.3, -0.25) is 15.0 Å². The monoisotopic (exact) mass is 458 g/mol. The molecule has 2 fully saturated rings. The van der Waals surface area contributed by atoms with E-state index in [1.54, 1.807) is 6.20 Å². The quantitative estimate of drug-likeness (QED) is 0.434. The Balaban J connectivity index is 1.20. The highest BCUT2D eigenvalue weighted by atomic mass is 16.5. The Morgan fingerprint density at radius 3 is 2.71 bits per heavy atom. The third-order valence-electron chi connectivity index (χ3n) is 6.78. The molecule has 0 spiro atoms. The number of pyridine rings is 2. The fraction of sp³-hybridized carbons (Fsp3) is 0.440. The minimum absolute atomic E-state index is 0.671. The van der Waals surface area contributed by atoms with E-state index in [0.29, 0.717) is 12.4 Å². The van der Waals surface area contributed by atoms with E-state index in [4.69, 9.17) is 9.72 Å². The number of anilines is 1. The van der Waals surface area contributed by atoms with Crippen LogP contribution >= 0.6 is 0 Å². The van der Waals surface area contributed by atoms with Gasteiger partial charge in [0.15, 0.2) is 11.5 Å². The molecule has 6 rings (SSSR count). The Kier molecular flexibility index (Phi) is 5.85. The Morgan fingerprint density at radius 2 is 1.82 bits per heavy atom. The highest BCUT2D eigenvalue weighted by molar-refractivity contribution is 5.88. The summed E-state index contributed by atoms with van der Waals surface area (Å²) in [6.07, 6.45) is 11.8. The van der Waals surface area contributed by atoms with Crippen LogP contribution in [-0.2, 0) is 0 Å². The van der Waals surface area contributed by atoms with Crippen LogP contribution in [0.2, 0.25) is 0 Å². The fourth-order valence-electron chi connectivity index (χ4n) is 4.94. The lowest BCUT2D eigenvalue weighted by atomic mass is 10.1. The molecular weight excluding hydrogens is 428 g/mol. The number of aromatic nitrogens is 6. The van der Waals surface area contributed by atoms with E-state index >= 15 is 0 Å². The molecule has 0 radical (unpaired) electrons. The number of likely N-dealkylation sites (tertiary alicyclic amines) is 1. The van der Waals surface area contributed by atoms with Gasteiger partial charge in [0.05, 0.1) is 17.6 Å². The van der Waals surface area contributed by atoms with Crippen LogP contribution in [0.4, 0.5) is 5.69 Å². The van der Waals surface area contributed by atoms with Crippen molar-refractivity contribution in [3.63, 3.8) is 0 Å². The Morgan fingerprint density at radius 1 is 0.971 bits per heavy atom. The third kappa shape index (κ3) is 4.35. The van der Waals surface area contributed by atoms with Gasteiger partial charge >= 0.3 is 0 Å². The van der Waals surface area contributed by atoms with Crippen molar-refractivity contribution < 1.29 is 4.74 Å². The number of aromatic amines is 2. The molecule has 9 nitrogen and oxygen atoms in total. The number of rotatable bonds is 7. The van der Waals surface area contributed by atoms with Crippen LogP contribution in [0.3, 0.4) is 0 Å². The number of hydrogen-bond donors (Lipinski definition) is 2. The summed E-state index contributed by atoms with van der Waals surface area (Å²) in [6.45, 7) is 6.11. The zero-order valence-electron chi connectivity index (χ0n) is 19.3. The molecule has 9 heteroatoms. The van der Waals surface area contributed by atoms with Gasteiger partial charge < -0.3 is 14.6 Å². The second-order valence-corrected chi connectivity index (χ2v) is 9.13. The second-order valence-electron chi connectivity index (χ2n) is 9.13. The van der Waals surface area contributed by atoms with Crippen molar-refractivity contribution in [2.24, 2.45) is 0 Å². The van der Waals surface area contributed by atoms with Crippen molar-refractivity contribution in [2.75, 3.05) is 44.2 Å². The zero-order valence-corrected chi connectivity index (χ0v) is 19.3. The molecule has 4 aromatic rings. The first-order valence-corrected chi connectivity index (χ1v) is 12.3. The van der Waals surface area contributed by atoms with Gasteiger partial charge in [0.2, 0.25) is 0 Å². The standard InChI is InChI=1S/C25H30N8O/c1-2-10-33(11-3-1)22-6-7-27-25-23(22)28-24(29-25)21-15-20(30-31-21)18-14-19(17-26-16-18)34-13-12-32-8-4-5-9-32/h6-7,14-17H,1-5,8-13H2,(H,30,31)(H,27,28,29). The predicted octanol–water partition coefficient (Wildman–Crippen LogP) is 3.87. The maximum absolute atomic E-state index is 5.96. The zero-order chi connectivity index (χ0) is 22.7. The van der Waals surface area contributed by atoms with E-state index in [1.807, 2.05) is 24.5 Å². The first-order valence-electron chi connectivity index (χ1n) is 12.3. The van der Waals surface area contributed by atoms with Crippen molar-refractivity contribution in [2.45, 2.75) is 32.1 Å². The van der Waals surface area contributed by atoms with E-state index < -0.39 is 0 Å². The minimum atomic E-state index is 0.671. The van der Waals surface area contributed by atoms with Crippen LogP contribution < -0.4 is 9.64 Å². The first kappa shape index (κ1) is 21.1. The molecule has 176 valence electrons. The molecule has 0 amide bonds. The van der Waals surface area contributed by atoms with Gasteiger partial charge in [-0.05, 0) is 63.4 Å². The third-order valence-corrected chi connectivity index (χ3v) is 6.78. The van der Waals surface area contributed by atoms with Crippen LogP contribution in [0.15, 0.2) is 36.8 Å². The van der Waals surface area contributed by atoms with E-state index in [2.05, 4.69) is 41.0 Å². The summed E-state index contributed by atoms with van der Waals surface area (Å²) in [7, 11) is 0. The number of fused-ring (bicyclic) bond motifs is 1. The average molecular weight is 459 g/mol. The lowest BCUT2D eigenvalue weighted by Crippen LogP contribution is -2.29. The maximum Gasteiger partial charge on any atom is 0.160 e. The average Bonchev–Trinajstić information content (AvgIpc) is 3.65. The van der Waals surface area contributed by atoms with E-state index in [-0.39, 0.29) is 0 Å². The van der Waals surface area contributed by atoms with Gasteiger partial charge in [0.1, 0.15) is 23.6 Å². The second kappa shape index (κ2) is 9.42. The molecule has 2 saturated heterocycles. The smallest absolute Gasteiger partial charge is 0.160 e. The SMILES string of the molecule is c1cc(N2CCCCC2)c2nc(-c3cc(-c4cncc(OCCN5CCCC5)c4)[nH]n3)[nH]c2n1. The van der Waals surface area contributed by atoms with Crippen LogP contribution in [0.1, 0.15) is 32.1 Å². The normalized spacial score (nSPS) is 17.0. The number of hydrogen-bond acceptors (Lipinski definition) is 7. The van der Waals surface area contributed by atoms with Crippen molar-refractivity contribution in [1.29, 1.82) is 0 Å². The molecule has 34 heavy (non-hydrogen) atoms. The molecule has 0 aliphatic carbocycles. The number of nitrogens with zero attached hydrogens (tertiary/aromatic N) is 6. The summed E-state index contributed by atoms with van der Waals surface area (Å²) in [5.74, 6) is 1.48. The van der Waals surface area contributed by atoms with Gasteiger partial charge in [-0.15, -0.1) is 0 Å². The van der Waals surface area contributed by atoms with Gasteiger partial charge in [-0.1, -0.05) is 0 Å². The summed E-state index contributed by atoms with van der Waals surface area (Å²) in [6, 6.07) is 6.06. The molecule has 0 bridgehead atoms. The lowest BCUT2D eigenvalue weighted by Gasteiger charge is -2.28. The number of H-pyrrole nitrogens is 2. The van der Waals surface area contributed by atoms with Gasteiger partial charge in [0, 0.05) is 37.6 Å². The minimum Gasteiger partial charge on any atom is -0.491 e. The van der Waals surface area contributed by atoms with Gasteiger partial charge in [-0.2, -0.15) is 5.10 Å². The van der Waals surface area contributed by atoms with E-state index in [9.17, 15) is 0 Å². The fourth-order valence-corrected chi connectivity index (χ4v) is 4.94. The van der Waals surface area contributed by atoms with Crippen LogP contribution in [0.5, 0.6) is 5.75 Å². The largest absolute Gasteiger partial charge is 0.491 e. The maximum atomic E-state index is 5.96. The summed E-state index contributed by atoms with van der Waals surface area (Å²) in [5.41, 5.74) is 5.39. The van der Waals surface area contributed by atoms with E-state index in [1.165, 1.54) is 45.2 Å². The van der Waals surface area contributed by atoms with Crippen molar-refractivity contribution in [3.8, 4) is 28.5 Å². The highest BCUT2D eigenvalue weighted by Crippen LogP contribution is 2.30. The molecule has 0 saturated carbocycles. The lowest BCUT2D eigenvalue weighted by molar-refractivity contribution is 0.237. The van der Waals surface area contributed by atoms with Crippen LogP contribution in [-0.4, -0.2) is 74.4 Å². The van der Waals surface area contributed by atoms with Crippen molar-refractivity contribution >= 4 is 16.9 Å². The number of imidazole rings is 1. The molecule has 0 atom stereocenters. The summed E-state index contributed by atoms with van der Waals surface area (Å²) in [5, 5.41) is 7.64. The number of piperidine rings is 1. The first-order chi connectivity index (χ1) is 16.8.